The lowest BCUT2D eigenvalue weighted by atomic mass is 10.1. The molecule has 1 aromatic rings. The first-order chi connectivity index (χ1) is 7.91. The maximum atomic E-state index is 10.9. The van der Waals surface area contributed by atoms with E-state index in [-0.39, 0.29) is 11.7 Å². The van der Waals surface area contributed by atoms with Crippen molar-refractivity contribution in [3.63, 3.8) is 0 Å². The van der Waals surface area contributed by atoms with Gasteiger partial charge < -0.3 is 11.1 Å². The van der Waals surface area contributed by atoms with Crippen LogP contribution in [-0.4, -0.2) is 17.5 Å². The zero-order chi connectivity index (χ0) is 13.0. The third-order valence-electron chi connectivity index (χ3n) is 2.54. The van der Waals surface area contributed by atoms with Crippen LogP contribution < -0.4 is 11.1 Å². The number of nitro groups is 1. The Hall–Kier alpha value is -1.14. The van der Waals surface area contributed by atoms with Gasteiger partial charge in [0.15, 0.2) is 0 Å². The normalized spacial score (nSPS) is 12.5. The van der Waals surface area contributed by atoms with Crippen molar-refractivity contribution in [2.24, 2.45) is 11.7 Å². The molecule has 0 aliphatic carbocycles. The first kappa shape index (κ1) is 13.9. The van der Waals surface area contributed by atoms with Crippen LogP contribution in [-0.2, 0) is 0 Å². The van der Waals surface area contributed by atoms with E-state index in [1.165, 1.54) is 6.07 Å². The van der Waals surface area contributed by atoms with E-state index >= 15 is 0 Å². The first-order valence-corrected chi connectivity index (χ1v) is 6.14. The molecule has 6 heteroatoms. The van der Waals surface area contributed by atoms with Gasteiger partial charge in [0.2, 0.25) is 0 Å². The van der Waals surface area contributed by atoms with Crippen LogP contribution in [0, 0.1) is 16.0 Å². The number of nitrogens with zero attached hydrogens (tertiary/aromatic N) is 1. The summed E-state index contributed by atoms with van der Waals surface area (Å²) in [5, 5.41) is 13.9. The number of nitrogens with one attached hydrogen (secondary N) is 1. The van der Waals surface area contributed by atoms with Crippen molar-refractivity contribution < 1.29 is 4.92 Å². The Balaban J connectivity index is 2.80. The van der Waals surface area contributed by atoms with Crippen LogP contribution in [0.2, 0.25) is 0 Å². The molecule has 0 aromatic heterocycles. The molecule has 17 heavy (non-hydrogen) atoms. The maximum Gasteiger partial charge on any atom is 0.293 e. The highest BCUT2D eigenvalue weighted by molar-refractivity contribution is 9.10. The predicted octanol–water partition coefficient (Wildman–Crippen LogP) is 2.75. The summed E-state index contributed by atoms with van der Waals surface area (Å²) in [5.41, 5.74) is 6.42. The summed E-state index contributed by atoms with van der Waals surface area (Å²) in [6.07, 6.45) is 0. The molecule has 0 saturated carbocycles. The van der Waals surface area contributed by atoms with E-state index in [9.17, 15) is 10.1 Å². The van der Waals surface area contributed by atoms with E-state index in [2.05, 4.69) is 21.2 Å². The highest BCUT2D eigenvalue weighted by Crippen LogP contribution is 2.27. The molecule has 0 heterocycles. The second kappa shape index (κ2) is 5.97. The SMILES string of the molecule is CC(C)C(N)CNc1ccc(Br)cc1[N+](=O)[O-]. The fourth-order valence-corrected chi connectivity index (χ4v) is 1.62. The minimum absolute atomic E-state index is 0.0294. The lowest BCUT2D eigenvalue weighted by molar-refractivity contribution is -0.384. The largest absolute Gasteiger partial charge is 0.378 e. The summed E-state index contributed by atoms with van der Waals surface area (Å²) in [5.74, 6) is 0.331. The smallest absolute Gasteiger partial charge is 0.293 e. The fraction of sp³-hybridized carbons (Fsp3) is 0.455. The topological polar surface area (TPSA) is 81.2 Å². The molecule has 0 spiro atoms. The second-order valence-electron chi connectivity index (χ2n) is 4.21. The van der Waals surface area contributed by atoms with Crippen molar-refractivity contribution in [2.75, 3.05) is 11.9 Å². The molecule has 1 unspecified atom stereocenters. The van der Waals surface area contributed by atoms with E-state index in [1.807, 2.05) is 13.8 Å². The summed E-state index contributed by atoms with van der Waals surface area (Å²) >= 11 is 3.21. The monoisotopic (exact) mass is 301 g/mol. The van der Waals surface area contributed by atoms with E-state index in [0.29, 0.717) is 22.6 Å². The Kier molecular flexibility index (Phi) is 4.89. The van der Waals surface area contributed by atoms with Gasteiger partial charge in [0.25, 0.3) is 5.69 Å². The van der Waals surface area contributed by atoms with Crippen molar-refractivity contribution in [3.05, 3.63) is 32.8 Å². The number of nitro benzene ring substituents is 1. The maximum absolute atomic E-state index is 10.9. The predicted molar refractivity (Wildman–Crippen MR) is 72.1 cm³/mol. The molecule has 5 nitrogen and oxygen atoms in total. The van der Waals surface area contributed by atoms with Gasteiger partial charge in [0.1, 0.15) is 5.69 Å². The van der Waals surface area contributed by atoms with Crippen LogP contribution in [0.1, 0.15) is 13.8 Å². The van der Waals surface area contributed by atoms with Crippen LogP contribution in [0.3, 0.4) is 0 Å². The summed E-state index contributed by atoms with van der Waals surface area (Å²) in [6, 6.07) is 4.88. The average molecular weight is 302 g/mol. The molecule has 1 rings (SSSR count). The van der Waals surface area contributed by atoms with Gasteiger partial charge in [0, 0.05) is 23.1 Å². The number of anilines is 1. The summed E-state index contributed by atoms with van der Waals surface area (Å²) in [7, 11) is 0. The molecular weight excluding hydrogens is 286 g/mol. The van der Waals surface area contributed by atoms with Gasteiger partial charge in [-0.15, -0.1) is 0 Å². The van der Waals surface area contributed by atoms with Gasteiger partial charge in [-0.25, -0.2) is 0 Å². The number of nitrogens with two attached hydrogens (primary N) is 1. The molecule has 3 N–H and O–H groups in total. The summed E-state index contributed by atoms with van der Waals surface area (Å²) < 4.78 is 0.683. The summed E-state index contributed by atoms with van der Waals surface area (Å²) in [6.45, 7) is 4.55. The van der Waals surface area contributed by atoms with Gasteiger partial charge in [0.05, 0.1) is 4.92 Å². The molecule has 0 fully saturated rings. The van der Waals surface area contributed by atoms with Crippen molar-refractivity contribution >= 4 is 27.3 Å². The number of rotatable bonds is 5. The van der Waals surface area contributed by atoms with E-state index in [1.54, 1.807) is 12.1 Å². The quantitative estimate of drug-likeness (QED) is 0.647. The van der Waals surface area contributed by atoms with Crippen molar-refractivity contribution in [1.29, 1.82) is 0 Å². The summed E-state index contributed by atoms with van der Waals surface area (Å²) in [4.78, 5) is 10.5. The van der Waals surface area contributed by atoms with Crippen LogP contribution in [0.5, 0.6) is 0 Å². The molecule has 0 saturated heterocycles. The molecule has 0 radical (unpaired) electrons. The average Bonchev–Trinajstić information content (AvgIpc) is 2.26. The minimum atomic E-state index is -0.409. The van der Waals surface area contributed by atoms with Crippen molar-refractivity contribution in [2.45, 2.75) is 19.9 Å². The van der Waals surface area contributed by atoms with Gasteiger partial charge in [-0.3, -0.25) is 10.1 Å². The van der Waals surface area contributed by atoms with E-state index in [0.717, 1.165) is 0 Å². The number of hydrogen-bond donors (Lipinski definition) is 2. The van der Waals surface area contributed by atoms with E-state index < -0.39 is 4.92 Å². The number of hydrogen-bond acceptors (Lipinski definition) is 4. The molecule has 94 valence electrons. The second-order valence-corrected chi connectivity index (χ2v) is 5.12. The molecule has 0 aliphatic heterocycles. The Morgan fingerprint density at radius 2 is 2.18 bits per heavy atom. The lowest BCUT2D eigenvalue weighted by Gasteiger charge is -2.16. The fourth-order valence-electron chi connectivity index (χ4n) is 1.27. The zero-order valence-electron chi connectivity index (χ0n) is 9.81. The highest BCUT2D eigenvalue weighted by Gasteiger charge is 2.15. The van der Waals surface area contributed by atoms with Crippen molar-refractivity contribution in [3.8, 4) is 0 Å². The molecule has 0 bridgehead atoms. The third kappa shape index (κ3) is 3.98. The molecule has 1 aromatic carbocycles. The number of halogens is 1. The van der Waals surface area contributed by atoms with Gasteiger partial charge >= 0.3 is 0 Å². The lowest BCUT2D eigenvalue weighted by Crippen LogP contribution is -2.34. The van der Waals surface area contributed by atoms with Crippen LogP contribution in [0.15, 0.2) is 22.7 Å². The van der Waals surface area contributed by atoms with Gasteiger partial charge in [-0.1, -0.05) is 29.8 Å². The van der Waals surface area contributed by atoms with Gasteiger partial charge in [-0.2, -0.15) is 0 Å². The van der Waals surface area contributed by atoms with E-state index in [4.69, 9.17) is 5.73 Å². The highest BCUT2D eigenvalue weighted by atomic mass is 79.9. The molecular formula is C11H16BrN3O2. The van der Waals surface area contributed by atoms with Crippen LogP contribution in [0.4, 0.5) is 11.4 Å². The Morgan fingerprint density at radius 3 is 2.71 bits per heavy atom. The van der Waals surface area contributed by atoms with Crippen molar-refractivity contribution in [1.82, 2.24) is 0 Å². The Labute approximate surface area is 109 Å². The van der Waals surface area contributed by atoms with Gasteiger partial charge in [-0.05, 0) is 18.1 Å². The Morgan fingerprint density at radius 1 is 1.53 bits per heavy atom. The first-order valence-electron chi connectivity index (χ1n) is 5.35. The number of benzene rings is 1. The standard InChI is InChI=1S/C11H16BrN3O2/c1-7(2)9(13)6-14-10-4-3-8(12)5-11(10)15(16)17/h3-5,7,9,14H,6,13H2,1-2H3. The third-order valence-corrected chi connectivity index (χ3v) is 3.03. The minimum Gasteiger partial charge on any atom is -0.378 e. The van der Waals surface area contributed by atoms with Crippen LogP contribution >= 0.6 is 15.9 Å². The zero-order valence-corrected chi connectivity index (χ0v) is 11.4. The van der Waals surface area contributed by atoms with Crippen LogP contribution in [0.25, 0.3) is 0 Å². The molecule has 1 atom stereocenters. The molecule has 0 amide bonds. The molecule has 0 aliphatic rings. The Bertz CT molecular complexity index is 410.